The van der Waals surface area contributed by atoms with Crippen LogP contribution in [0.2, 0.25) is 5.02 Å². The normalized spacial score (nSPS) is 14.5. The van der Waals surface area contributed by atoms with E-state index in [1.807, 2.05) is 0 Å². The third-order valence-corrected chi connectivity index (χ3v) is 6.06. The van der Waals surface area contributed by atoms with Crippen LogP contribution in [0.15, 0.2) is 41.3 Å². The number of esters is 1. The fourth-order valence-corrected chi connectivity index (χ4v) is 4.41. The molecule has 9 heteroatoms. The monoisotopic (exact) mass is 411 g/mol. The Bertz CT molecular complexity index is 976. The van der Waals surface area contributed by atoms with Crippen LogP contribution in [0.4, 0.5) is 0 Å². The van der Waals surface area contributed by atoms with Gasteiger partial charge in [-0.15, -0.1) is 0 Å². The van der Waals surface area contributed by atoms with Crippen LogP contribution < -0.4 is 14.2 Å². The molecule has 2 aromatic carbocycles. The molecule has 0 aromatic heterocycles. The van der Waals surface area contributed by atoms with Crippen molar-refractivity contribution < 1.29 is 27.4 Å². The van der Waals surface area contributed by atoms with Gasteiger partial charge in [0.15, 0.2) is 11.5 Å². The van der Waals surface area contributed by atoms with Crippen LogP contribution in [0, 0.1) is 0 Å². The molecule has 1 heterocycles. The molecule has 0 unspecified atom stereocenters. The lowest BCUT2D eigenvalue weighted by molar-refractivity contribution is 0.0600. The van der Waals surface area contributed by atoms with E-state index in [1.54, 1.807) is 25.1 Å². The SMILES string of the molecule is COC(=O)c1ccc(Cl)c(S(=O)(=O)N[C@H](C)c2ccc3c(c2)OCCO3)c1. The molecule has 0 saturated carbocycles. The van der Waals surface area contributed by atoms with Crippen molar-refractivity contribution >= 4 is 27.6 Å². The molecule has 1 N–H and O–H groups in total. The highest BCUT2D eigenvalue weighted by molar-refractivity contribution is 7.89. The molecule has 1 aliphatic heterocycles. The van der Waals surface area contributed by atoms with Gasteiger partial charge in [-0.25, -0.2) is 17.9 Å². The molecule has 27 heavy (non-hydrogen) atoms. The Balaban J connectivity index is 1.87. The van der Waals surface area contributed by atoms with E-state index in [0.29, 0.717) is 30.3 Å². The Morgan fingerprint density at radius 3 is 2.56 bits per heavy atom. The molecule has 0 radical (unpaired) electrons. The summed E-state index contributed by atoms with van der Waals surface area (Å²) in [4.78, 5) is 11.5. The molecule has 0 amide bonds. The minimum Gasteiger partial charge on any atom is -0.486 e. The number of carbonyl (C=O) groups is 1. The van der Waals surface area contributed by atoms with Crippen LogP contribution in [-0.2, 0) is 14.8 Å². The van der Waals surface area contributed by atoms with Gasteiger partial charge in [-0.1, -0.05) is 17.7 Å². The lowest BCUT2D eigenvalue weighted by atomic mass is 10.1. The smallest absolute Gasteiger partial charge is 0.337 e. The summed E-state index contributed by atoms with van der Waals surface area (Å²) in [6.45, 7) is 2.61. The lowest BCUT2D eigenvalue weighted by Crippen LogP contribution is -2.27. The fraction of sp³-hybridized carbons (Fsp3) is 0.278. The van der Waals surface area contributed by atoms with Gasteiger partial charge in [0.05, 0.1) is 17.7 Å². The zero-order valence-electron chi connectivity index (χ0n) is 14.7. The van der Waals surface area contributed by atoms with Crippen molar-refractivity contribution in [1.82, 2.24) is 4.72 Å². The summed E-state index contributed by atoms with van der Waals surface area (Å²) < 4.78 is 43.7. The van der Waals surface area contributed by atoms with Gasteiger partial charge in [-0.3, -0.25) is 0 Å². The molecule has 0 fully saturated rings. The predicted octanol–water partition coefficient (Wildman–Crippen LogP) is 2.94. The Morgan fingerprint density at radius 2 is 1.85 bits per heavy atom. The van der Waals surface area contributed by atoms with E-state index in [2.05, 4.69) is 9.46 Å². The third kappa shape index (κ3) is 4.18. The molecular formula is C18H18ClNO6S. The zero-order valence-corrected chi connectivity index (χ0v) is 16.3. The van der Waals surface area contributed by atoms with Gasteiger partial charge in [0.1, 0.15) is 18.1 Å². The van der Waals surface area contributed by atoms with Gasteiger partial charge in [0.25, 0.3) is 0 Å². The molecule has 1 atom stereocenters. The number of hydrogen-bond donors (Lipinski definition) is 1. The minimum absolute atomic E-state index is 0.00419. The molecule has 1 aliphatic rings. The molecule has 0 bridgehead atoms. The molecular weight excluding hydrogens is 394 g/mol. The zero-order chi connectivity index (χ0) is 19.6. The Kier molecular flexibility index (Phi) is 5.59. The topological polar surface area (TPSA) is 90.9 Å². The van der Waals surface area contributed by atoms with Crippen molar-refractivity contribution in [2.45, 2.75) is 17.9 Å². The molecule has 7 nitrogen and oxygen atoms in total. The van der Waals surface area contributed by atoms with Crippen LogP contribution in [0.25, 0.3) is 0 Å². The maximum atomic E-state index is 12.8. The largest absolute Gasteiger partial charge is 0.486 e. The number of hydrogen-bond acceptors (Lipinski definition) is 6. The summed E-state index contributed by atoms with van der Waals surface area (Å²) in [6.07, 6.45) is 0. The summed E-state index contributed by atoms with van der Waals surface area (Å²) in [7, 11) is -2.77. The van der Waals surface area contributed by atoms with Crippen LogP contribution in [0.3, 0.4) is 0 Å². The van der Waals surface area contributed by atoms with Gasteiger partial charge >= 0.3 is 5.97 Å². The van der Waals surface area contributed by atoms with Crippen molar-refractivity contribution in [3.8, 4) is 11.5 Å². The predicted molar refractivity (Wildman–Crippen MR) is 99.0 cm³/mol. The van der Waals surface area contributed by atoms with E-state index in [0.717, 1.165) is 0 Å². The highest BCUT2D eigenvalue weighted by atomic mass is 35.5. The van der Waals surface area contributed by atoms with E-state index in [9.17, 15) is 13.2 Å². The van der Waals surface area contributed by atoms with Crippen LogP contribution >= 0.6 is 11.6 Å². The highest BCUT2D eigenvalue weighted by Gasteiger charge is 2.24. The van der Waals surface area contributed by atoms with E-state index in [4.69, 9.17) is 21.1 Å². The number of benzene rings is 2. The lowest BCUT2D eigenvalue weighted by Gasteiger charge is -2.21. The molecule has 3 rings (SSSR count). The number of carbonyl (C=O) groups excluding carboxylic acids is 1. The average Bonchev–Trinajstić information content (AvgIpc) is 2.66. The average molecular weight is 412 g/mol. The fourth-order valence-electron chi connectivity index (χ4n) is 2.65. The summed E-state index contributed by atoms with van der Waals surface area (Å²) >= 11 is 6.05. The van der Waals surface area contributed by atoms with Crippen molar-refractivity contribution in [3.63, 3.8) is 0 Å². The Hall–Kier alpha value is -2.29. The van der Waals surface area contributed by atoms with Gasteiger partial charge < -0.3 is 14.2 Å². The van der Waals surface area contributed by atoms with Gasteiger partial charge in [0.2, 0.25) is 10.0 Å². The second-order valence-corrected chi connectivity index (χ2v) is 7.97. The van der Waals surface area contributed by atoms with Crippen molar-refractivity contribution in [2.24, 2.45) is 0 Å². The number of sulfonamides is 1. The molecule has 0 spiro atoms. The number of nitrogens with one attached hydrogen (secondary N) is 1. The highest BCUT2D eigenvalue weighted by Crippen LogP contribution is 2.33. The summed E-state index contributed by atoms with van der Waals surface area (Å²) in [5, 5.41) is 0.00419. The minimum atomic E-state index is -3.99. The third-order valence-electron chi connectivity index (χ3n) is 4.04. The van der Waals surface area contributed by atoms with E-state index >= 15 is 0 Å². The van der Waals surface area contributed by atoms with Gasteiger partial charge in [0, 0.05) is 6.04 Å². The second kappa shape index (κ2) is 7.75. The first kappa shape index (κ1) is 19.5. The van der Waals surface area contributed by atoms with Crippen molar-refractivity contribution in [2.75, 3.05) is 20.3 Å². The van der Waals surface area contributed by atoms with Crippen molar-refractivity contribution in [3.05, 3.63) is 52.5 Å². The molecule has 2 aromatic rings. The van der Waals surface area contributed by atoms with E-state index in [-0.39, 0.29) is 15.5 Å². The molecule has 0 saturated heterocycles. The molecule has 0 aliphatic carbocycles. The standard InChI is InChI=1S/C18H18ClNO6S/c1-11(12-4-6-15-16(9-12)26-8-7-25-15)20-27(22,23)17-10-13(18(21)24-2)3-5-14(17)19/h3-6,9-11,20H,7-8H2,1-2H3/t11-/m1/s1. The first-order valence-electron chi connectivity index (χ1n) is 8.11. The number of methoxy groups -OCH3 is 1. The number of fused-ring (bicyclic) bond motifs is 1. The van der Waals surface area contributed by atoms with E-state index < -0.39 is 22.0 Å². The summed E-state index contributed by atoms with van der Waals surface area (Å²) in [6, 6.07) is 8.59. The maximum Gasteiger partial charge on any atom is 0.337 e. The van der Waals surface area contributed by atoms with Crippen LogP contribution in [-0.4, -0.2) is 34.7 Å². The Morgan fingerprint density at radius 1 is 1.15 bits per heavy atom. The summed E-state index contributed by atoms with van der Waals surface area (Å²) in [5.74, 6) is 0.535. The number of ether oxygens (including phenoxy) is 3. The Labute approximate surface area is 162 Å². The number of halogens is 1. The quantitative estimate of drug-likeness (QED) is 0.760. The molecule has 144 valence electrons. The van der Waals surface area contributed by atoms with Gasteiger partial charge in [-0.05, 0) is 42.8 Å². The van der Waals surface area contributed by atoms with Crippen LogP contribution in [0.1, 0.15) is 28.9 Å². The van der Waals surface area contributed by atoms with Crippen molar-refractivity contribution in [1.29, 1.82) is 0 Å². The second-order valence-electron chi connectivity index (χ2n) is 5.88. The first-order valence-corrected chi connectivity index (χ1v) is 9.97. The van der Waals surface area contributed by atoms with E-state index in [1.165, 1.54) is 25.3 Å². The van der Waals surface area contributed by atoms with Gasteiger partial charge in [-0.2, -0.15) is 0 Å². The maximum absolute atomic E-state index is 12.8. The first-order chi connectivity index (χ1) is 12.8. The summed E-state index contributed by atoms with van der Waals surface area (Å²) in [5.41, 5.74) is 0.789. The van der Waals surface area contributed by atoms with Crippen LogP contribution in [0.5, 0.6) is 11.5 Å². The number of rotatable bonds is 5.